The number of aromatic amines is 1. The first-order valence-electron chi connectivity index (χ1n) is 6.88. The highest BCUT2D eigenvalue weighted by Gasteiger charge is 2.21. The van der Waals surface area contributed by atoms with Crippen LogP contribution < -0.4 is 11.1 Å². The number of rotatable bonds is 4. The molecule has 0 aliphatic heterocycles. The van der Waals surface area contributed by atoms with Gasteiger partial charge in [-0.15, -0.1) is 0 Å². The van der Waals surface area contributed by atoms with Crippen molar-refractivity contribution in [2.24, 2.45) is 0 Å². The van der Waals surface area contributed by atoms with Gasteiger partial charge in [0.15, 0.2) is 0 Å². The first-order chi connectivity index (χ1) is 9.85. The number of benzene rings is 1. The average Bonchev–Trinajstić information content (AvgIpc) is 2.42. The van der Waals surface area contributed by atoms with Crippen LogP contribution in [0.3, 0.4) is 0 Å². The molecule has 5 nitrogen and oxygen atoms in total. The second-order valence-electron chi connectivity index (χ2n) is 5.89. The first kappa shape index (κ1) is 15.3. The zero-order valence-electron chi connectivity index (χ0n) is 12.5. The molecule has 1 atom stereocenters. The van der Waals surface area contributed by atoms with Crippen molar-refractivity contribution in [1.29, 1.82) is 0 Å². The SMILES string of the molecule is CC(C)(C)OC(Cn1[nH]c(=O)ccc1=O)c1ccccc1. The van der Waals surface area contributed by atoms with Gasteiger partial charge in [-0.1, -0.05) is 30.3 Å². The van der Waals surface area contributed by atoms with E-state index in [4.69, 9.17) is 4.74 Å². The molecule has 0 bridgehead atoms. The highest BCUT2D eigenvalue weighted by Crippen LogP contribution is 2.24. The number of hydrogen-bond donors (Lipinski definition) is 1. The van der Waals surface area contributed by atoms with Crippen LogP contribution in [0.25, 0.3) is 0 Å². The lowest BCUT2D eigenvalue weighted by atomic mass is 10.1. The molecule has 0 saturated carbocycles. The largest absolute Gasteiger partial charge is 0.366 e. The fraction of sp³-hybridized carbons (Fsp3) is 0.375. The molecule has 0 amide bonds. The van der Waals surface area contributed by atoms with Crippen molar-refractivity contribution in [2.45, 2.75) is 39.0 Å². The topological polar surface area (TPSA) is 64.1 Å². The van der Waals surface area contributed by atoms with Crippen LogP contribution >= 0.6 is 0 Å². The van der Waals surface area contributed by atoms with Gasteiger partial charge < -0.3 is 4.74 Å². The van der Waals surface area contributed by atoms with Gasteiger partial charge in [-0.25, -0.2) is 4.68 Å². The minimum absolute atomic E-state index is 0.256. The molecule has 0 spiro atoms. The van der Waals surface area contributed by atoms with Crippen LogP contribution in [0.5, 0.6) is 0 Å². The Bertz CT molecular complexity index is 696. The molecule has 21 heavy (non-hydrogen) atoms. The standard InChI is InChI=1S/C16H20N2O3/c1-16(2,3)21-13(12-7-5-4-6-8-12)11-18-15(20)10-9-14(19)17-18/h4-10,13H,11H2,1-3H3,(H,17,19). The molecule has 2 rings (SSSR count). The number of aromatic nitrogens is 2. The summed E-state index contributed by atoms with van der Waals surface area (Å²) in [6.45, 7) is 6.13. The van der Waals surface area contributed by atoms with E-state index >= 15 is 0 Å². The van der Waals surface area contributed by atoms with E-state index in [1.54, 1.807) is 0 Å². The zero-order valence-corrected chi connectivity index (χ0v) is 12.5. The molecule has 2 aromatic rings. The number of nitrogens with one attached hydrogen (secondary N) is 1. The maximum Gasteiger partial charge on any atom is 0.265 e. The van der Waals surface area contributed by atoms with E-state index in [1.807, 2.05) is 51.1 Å². The van der Waals surface area contributed by atoms with Crippen molar-refractivity contribution >= 4 is 0 Å². The van der Waals surface area contributed by atoms with Crippen LogP contribution in [0.15, 0.2) is 52.1 Å². The normalized spacial score (nSPS) is 13.1. The summed E-state index contributed by atoms with van der Waals surface area (Å²) in [7, 11) is 0. The second-order valence-corrected chi connectivity index (χ2v) is 5.89. The van der Waals surface area contributed by atoms with Gasteiger partial charge in [-0.2, -0.15) is 0 Å². The molecule has 0 saturated heterocycles. The maximum absolute atomic E-state index is 11.8. The van der Waals surface area contributed by atoms with E-state index in [-0.39, 0.29) is 29.4 Å². The van der Waals surface area contributed by atoms with Crippen molar-refractivity contribution in [3.8, 4) is 0 Å². The molecule has 112 valence electrons. The fourth-order valence-electron chi connectivity index (χ4n) is 2.07. The third-order valence-corrected chi connectivity index (χ3v) is 2.90. The van der Waals surface area contributed by atoms with E-state index < -0.39 is 0 Å². The zero-order chi connectivity index (χ0) is 15.5. The summed E-state index contributed by atoms with van der Waals surface area (Å²) < 4.78 is 7.32. The van der Waals surface area contributed by atoms with Crippen LogP contribution in [0.1, 0.15) is 32.4 Å². The lowest BCUT2D eigenvalue weighted by molar-refractivity contribution is -0.0704. The summed E-state index contributed by atoms with van der Waals surface area (Å²) in [5.74, 6) is 0. The van der Waals surface area contributed by atoms with Gasteiger partial charge in [0.1, 0.15) is 6.10 Å². The van der Waals surface area contributed by atoms with Crippen LogP contribution in [0.4, 0.5) is 0 Å². The Hall–Kier alpha value is -2.14. The molecule has 0 radical (unpaired) electrons. The summed E-state index contributed by atoms with van der Waals surface area (Å²) in [5, 5.41) is 2.53. The third kappa shape index (κ3) is 4.43. The van der Waals surface area contributed by atoms with Gasteiger partial charge in [-0.05, 0) is 26.3 Å². The van der Waals surface area contributed by atoms with Gasteiger partial charge in [0.2, 0.25) is 0 Å². The molecule has 1 N–H and O–H groups in total. The molecule has 0 aliphatic carbocycles. The Morgan fingerprint density at radius 1 is 1.10 bits per heavy atom. The van der Waals surface area contributed by atoms with Gasteiger partial charge >= 0.3 is 0 Å². The summed E-state index contributed by atoms with van der Waals surface area (Å²) in [6, 6.07) is 12.1. The van der Waals surface area contributed by atoms with Crippen LogP contribution in [-0.4, -0.2) is 15.4 Å². The third-order valence-electron chi connectivity index (χ3n) is 2.90. The molecule has 1 unspecified atom stereocenters. The summed E-state index contributed by atoms with van der Waals surface area (Å²) in [4.78, 5) is 23.2. The monoisotopic (exact) mass is 288 g/mol. The van der Waals surface area contributed by atoms with Gasteiger partial charge in [0.05, 0.1) is 12.1 Å². The number of nitrogens with zero attached hydrogens (tertiary/aromatic N) is 1. The molecule has 1 heterocycles. The Balaban J connectivity index is 2.34. The highest BCUT2D eigenvalue weighted by molar-refractivity contribution is 5.17. The van der Waals surface area contributed by atoms with Crippen molar-refractivity contribution in [3.63, 3.8) is 0 Å². The van der Waals surface area contributed by atoms with E-state index in [0.29, 0.717) is 0 Å². The summed E-state index contributed by atoms with van der Waals surface area (Å²) >= 11 is 0. The van der Waals surface area contributed by atoms with E-state index in [0.717, 1.165) is 5.56 Å². The molecule has 1 aromatic heterocycles. The lowest BCUT2D eigenvalue weighted by Crippen LogP contribution is -2.33. The number of ether oxygens (including phenoxy) is 1. The van der Waals surface area contributed by atoms with Gasteiger partial charge in [0.25, 0.3) is 11.1 Å². The Morgan fingerprint density at radius 3 is 2.38 bits per heavy atom. The second kappa shape index (κ2) is 6.10. The van der Waals surface area contributed by atoms with Crippen LogP contribution in [0, 0.1) is 0 Å². The van der Waals surface area contributed by atoms with Gasteiger partial charge in [0, 0.05) is 12.1 Å². The maximum atomic E-state index is 11.8. The predicted octanol–water partition coefficient (Wildman–Crippen LogP) is 2.09. The Morgan fingerprint density at radius 2 is 1.76 bits per heavy atom. The molecule has 5 heteroatoms. The minimum Gasteiger partial charge on any atom is -0.366 e. The molecule has 1 aromatic carbocycles. The van der Waals surface area contributed by atoms with Crippen LogP contribution in [-0.2, 0) is 11.3 Å². The molecular formula is C16H20N2O3. The van der Waals surface area contributed by atoms with Crippen molar-refractivity contribution in [2.75, 3.05) is 0 Å². The quantitative estimate of drug-likeness (QED) is 0.937. The summed E-state index contributed by atoms with van der Waals surface area (Å²) in [6.07, 6.45) is -0.318. The van der Waals surface area contributed by atoms with E-state index in [2.05, 4.69) is 5.10 Å². The van der Waals surface area contributed by atoms with E-state index in [1.165, 1.54) is 16.8 Å². The minimum atomic E-state index is -0.362. The smallest absolute Gasteiger partial charge is 0.265 e. The highest BCUT2D eigenvalue weighted by atomic mass is 16.5. The first-order valence-corrected chi connectivity index (χ1v) is 6.88. The van der Waals surface area contributed by atoms with Crippen molar-refractivity contribution in [3.05, 3.63) is 68.7 Å². The van der Waals surface area contributed by atoms with Crippen LogP contribution in [0.2, 0.25) is 0 Å². The Labute approximate surface area is 123 Å². The average molecular weight is 288 g/mol. The summed E-state index contributed by atoms with van der Waals surface area (Å²) in [5.41, 5.74) is 0.0355. The molecule has 0 aliphatic rings. The van der Waals surface area contributed by atoms with Crippen molar-refractivity contribution in [1.82, 2.24) is 9.78 Å². The number of hydrogen-bond acceptors (Lipinski definition) is 3. The predicted molar refractivity (Wildman–Crippen MR) is 81.3 cm³/mol. The fourth-order valence-corrected chi connectivity index (χ4v) is 2.07. The number of H-pyrrole nitrogens is 1. The van der Waals surface area contributed by atoms with E-state index in [9.17, 15) is 9.59 Å². The lowest BCUT2D eigenvalue weighted by Gasteiger charge is -2.28. The molecular weight excluding hydrogens is 268 g/mol. The molecule has 0 fully saturated rings. The van der Waals surface area contributed by atoms with Gasteiger partial charge in [-0.3, -0.25) is 14.7 Å². The van der Waals surface area contributed by atoms with Crippen molar-refractivity contribution < 1.29 is 4.74 Å². The Kier molecular flexibility index (Phi) is 4.43.